The third kappa shape index (κ3) is 3.97. The molecule has 0 aliphatic rings. The maximum atomic E-state index is 12.5. The number of rotatable bonds is 5. The lowest BCUT2D eigenvalue weighted by Gasteiger charge is -2.17. The zero-order valence-electron chi connectivity index (χ0n) is 13.2. The molecule has 6 heteroatoms. The zero-order valence-corrected chi connectivity index (χ0v) is 14.1. The molecule has 0 unspecified atom stereocenters. The minimum Gasteiger partial charge on any atom is -0.465 e. The first-order valence-corrected chi connectivity index (χ1v) is 8.59. The van der Waals surface area contributed by atoms with Gasteiger partial charge in [-0.25, -0.2) is 17.9 Å². The molecule has 0 aliphatic carbocycles. The highest BCUT2D eigenvalue weighted by Gasteiger charge is 2.20. The van der Waals surface area contributed by atoms with E-state index in [1.165, 1.54) is 31.4 Å². The molecule has 0 saturated carbocycles. The molecule has 0 amide bonds. The highest BCUT2D eigenvalue weighted by molar-refractivity contribution is 7.89. The molecule has 0 bridgehead atoms. The van der Waals surface area contributed by atoms with Crippen molar-refractivity contribution < 1.29 is 17.9 Å². The quantitative estimate of drug-likeness (QED) is 0.854. The van der Waals surface area contributed by atoms with E-state index in [1.54, 1.807) is 6.92 Å². The average molecular weight is 333 g/mol. The summed E-state index contributed by atoms with van der Waals surface area (Å²) in [6, 6.07) is 13.0. The third-order valence-electron chi connectivity index (χ3n) is 3.55. The monoisotopic (exact) mass is 333 g/mol. The van der Waals surface area contributed by atoms with Crippen LogP contribution in [0.4, 0.5) is 0 Å². The van der Waals surface area contributed by atoms with Crippen LogP contribution in [0.3, 0.4) is 0 Å². The minimum absolute atomic E-state index is 0.0286. The summed E-state index contributed by atoms with van der Waals surface area (Å²) in [6.07, 6.45) is 0. The second kappa shape index (κ2) is 6.93. The number of nitrogens with one attached hydrogen (secondary N) is 1. The number of methoxy groups -OCH3 is 1. The summed E-state index contributed by atoms with van der Waals surface area (Å²) in [5.41, 5.74) is 2.10. The smallest absolute Gasteiger partial charge is 0.337 e. The number of sulfonamides is 1. The molecule has 0 spiro atoms. The van der Waals surface area contributed by atoms with Crippen molar-refractivity contribution in [1.82, 2.24) is 4.72 Å². The number of hydrogen-bond donors (Lipinski definition) is 1. The van der Waals surface area contributed by atoms with Crippen LogP contribution in [0.5, 0.6) is 0 Å². The Kier molecular flexibility index (Phi) is 5.18. The van der Waals surface area contributed by atoms with E-state index in [0.717, 1.165) is 11.1 Å². The molecular formula is C17H19NO4S. The fourth-order valence-corrected chi connectivity index (χ4v) is 3.61. The van der Waals surface area contributed by atoms with Gasteiger partial charge in [0.25, 0.3) is 0 Å². The molecule has 2 rings (SSSR count). The van der Waals surface area contributed by atoms with Gasteiger partial charge < -0.3 is 4.74 Å². The number of carbonyl (C=O) groups is 1. The van der Waals surface area contributed by atoms with Gasteiger partial charge >= 0.3 is 5.97 Å². The SMILES string of the molecule is COC(=O)c1cccc(S(=O)(=O)N[C@@H](C)c2ccccc2C)c1. The molecule has 2 aromatic carbocycles. The van der Waals surface area contributed by atoms with E-state index in [-0.39, 0.29) is 16.5 Å². The summed E-state index contributed by atoms with van der Waals surface area (Å²) in [5, 5.41) is 0. The number of carbonyl (C=O) groups excluding carboxylic acids is 1. The Morgan fingerprint density at radius 1 is 1.13 bits per heavy atom. The lowest BCUT2D eigenvalue weighted by atomic mass is 10.0. The normalized spacial score (nSPS) is 12.7. The van der Waals surface area contributed by atoms with Gasteiger partial charge in [-0.2, -0.15) is 0 Å². The number of ether oxygens (including phenoxy) is 1. The second-order valence-electron chi connectivity index (χ2n) is 5.22. The second-order valence-corrected chi connectivity index (χ2v) is 6.93. The first kappa shape index (κ1) is 17.2. The number of aryl methyl sites for hydroxylation is 1. The molecule has 0 heterocycles. The van der Waals surface area contributed by atoms with E-state index in [4.69, 9.17) is 0 Å². The van der Waals surface area contributed by atoms with Crippen molar-refractivity contribution in [2.24, 2.45) is 0 Å². The summed E-state index contributed by atoms with van der Waals surface area (Å²) in [4.78, 5) is 11.6. The van der Waals surface area contributed by atoms with Crippen LogP contribution in [-0.2, 0) is 14.8 Å². The predicted molar refractivity (Wildman–Crippen MR) is 87.7 cm³/mol. The maximum Gasteiger partial charge on any atom is 0.337 e. The third-order valence-corrected chi connectivity index (χ3v) is 5.09. The fraction of sp³-hybridized carbons (Fsp3) is 0.235. The number of hydrogen-bond acceptors (Lipinski definition) is 4. The predicted octanol–water partition coefficient (Wildman–Crippen LogP) is 2.82. The van der Waals surface area contributed by atoms with Crippen molar-refractivity contribution >= 4 is 16.0 Å². The molecule has 122 valence electrons. The largest absolute Gasteiger partial charge is 0.465 e. The zero-order chi connectivity index (χ0) is 17.0. The first-order chi connectivity index (χ1) is 10.8. The van der Waals surface area contributed by atoms with Crippen LogP contribution in [0.25, 0.3) is 0 Å². The van der Waals surface area contributed by atoms with Crippen molar-refractivity contribution in [2.45, 2.75) is 24.8 Å². The van der Waals surface area contributed by atoms with Crippen molar-refractivity contribution in [3.63, 3.8) is 0 Å². The summed E-state index contributed by atoms with van der Waals surface area (Å²) in [6.45, 7) is 3.71. The van der Waals surface area contributed by atoms with Gasteiger partial charge in [-0.15, -0.1) is 0 Å². The van der Waals surface area contributed by atoms with E-state index in [9.17, 15) is 13.2 Å². The maximum absolute atomic E-state index is 12.5. The van der Waals surface area contributed by atoms with Crippen molar-refractivity contribution in [3.05, 3.63) is 65.2 Å². The van der Waals surface area contributed by atoms with Crippen LogP contribution < -0.4 is 4.72 Å². The minimum atomic E-state index is -3.75. The van der Waals surface area contributed by atoms with Crippen LogP contribution in [0.15, 0.2) is 53.4 Å². The molecule has 23 heavy (non-hydrogen) atoms. The van der Waals surface area contributed by atoms with E-state index in [1.807, 2.05) is 31.2 Å². The molecule has 0 aliphatic heterocycles. The molecule has 1 atom stereocenters. The molecular weight excluding hydrogens is 314 g/mol. The van der Waals surface area contributed by atoms with E-state index in [2.05, 4.69) is 9.46 Å². The Bertz CT molecular complexity index is 815. The van der Waals surface area contributed by atoms with Crippen LogP contribution in [0, 0.1) is 6.92 Å². The molecule has 0 radical (unpaired) electrons. The number of esters is 1. The van der Waals surface area contributed by atoms with Gasteiger partial charge in [-0.1, -0.05) is 30.3 Å². The highest BCUT2D eigenvalue weighted by atomic mass is 32.2. The van der Waals surface area contributed by atoms with Crippen molar-refractivity contribution in [3.8, 4) is 0 Å². The van der Waals surface area contributed by atoms with Crippen LogP contribution in [-0.4, -0.2) is 21.5 Å². The van der Waals surface area contributed by atoms with Crippen LogP contribution >= 0.6 is 0 Å². The molecule has 5 nitrogen and oxygen atoms in total. The first-order valence-electron chi connectivity index (χ1n) is 7.11. The fourth-order valence-electron chi connectivity index (χ4n) is 2.34. The standard InChI is InChI=1S/C17H19NO4S/c1-12-7-4-5-10-16(12)13(2)18-23(20,21)15-9-6-8-14(11-15)17(19)22-3/h4-11,13,18H,1-3H3/t13-/m0/s1. The van der Waals surface area contributed by atoms with Gasteiger partial charge in [-0.05, 0) is 43.2 Å². The van der Waals surface area contributed by atoms with Gasteiger partial charge in [0.05, 0.1) is 17.6 Å². The van der Waals surface area contributed by atoms with Gasteiger partial charge in [0.15, 0.2) is 0 Å². The summed E-state index contributed by atoms with van der Waals surface area (Å²) in [7, 11) is -2.49. The molecule has 2 aromatic rings. The molecule has 0 saturated heterocycles. The van der Waals surface area contributed by atoms with Gasteiger partial charge in [0.2, 0.25) is 10.0 Å². The van der Waals surface area contributed by atoms with Gasteiger partial charge in [0, 0.05) is 6.04 Å². The van der Waals surface area contributed by atoms with E-state index >= 15 is 0 Å². The molecule has 0 fully saturated rings. The lowest BCUT2D eigenvalue weighted by Crippen LogP contribution is -2.27. The molecule has 0 aromatic heterocycles. The lowest BCUT2D eigenvalue weighted by molar-refractivity contribution is 0.0600. The number of benzene rings is 2. The van der Waals surface area contributed by atoms with E-state index < -0.39 is 16.0 Å². The Morgan fingerprint density at radius 2 is 1.83 bits per heavy atom. The topological polar surface area (TPSA) is 72.5 Å². The van der Waals surface area contributed by atoms with Gasteiger partial charge in [0.1, 0.15) is 0 Å². The molecule has 1 N–H and O–H groups in total. The Labute approximate surface area is 136 Å². The summed E-state index contributed by atoms with van der Waals surface area (Å²) in [5.74, 6) is -0.575. The van der Waals surface area contributed by atoms with Crippen molar-refractivity contribution in [1.29, 1.82) is 0 Å². The Hall–Kier alpha value is -2.18. The van der Waals surface area contributed by atoms with Crippen LogP contribution in [0.1, 0.15) is 34.5 Å². The Balaban J connectivity index is 2.29. The highest BCUT2D eigenvalue weighted by Crippen LogP contribution is 2.20. The van der Waals surface area contributed by atoms with E-state index in [0.29, 0.717) is 0 Å². The van der Waals surface area contributed by atoms with Crippen molar-refractivity contribution in [2.75, 3.05) is 7.11 Å². The average Bonchev–Trinajstić information content (AvgIpc) is 2.54. The van der Waals surface area contributed by atoms with Crippen LogP contribution in [0.2, 0.25) is 0 Å². The summed E-state index contributed by atoms with van der Waals surface area (Å²) < 4.78 is 32.3. The Morgan fingerprint density at radius 3 is 2.48 bits per heavy atom. The summed E-state index contributed by atoms with van der Waals surface area (Å²) >= 11 is 0. The van der Waals surface area contributed by atoms with Gasteiger partial charge in [-0.3, -0.25) is 0 Å².